The van der Waals surface area contributed by atoms with Crippen molar-refractivity contribution in [1.82, 2.24) is 9.88 Å². The Balaban J connectivity index is 1.42. The van der Waals surface area contributed by atoms with Gasteiger partial charge < -0.3 is 10.0 Å². The SMILES string of the molecule is CN(CC1(O)CCN(Cc2ccccc2)C1)c1ccc2ccccc2n1. The Kier molecular flexibility index (Phi) is 4.62. The molecule has 134 valence electrons. The van der Waals surface area contributed by atoms with Crippen molar-refractivity contribution in [3.05, 3.63) is 72.3 Å². The van der Waals surface area contributed by atoms with Crippen molar-refractivity contribution >= 4 is 16.7 Å². The summed E-state index contributed by atoms with van der Waals surface area (Å²) in [6.07, 6.45) is 0.789. The Morgan fingerprint density at radius 1 is 1.04 bits per heavy atom. The first-order valence-corrected chi connectivity index (χ1v) is 9.17. The van der Waals surface area contributed by atoms with Crippen LogP contribution in [0.25, 0.3) is 10.9 Å². The molecule has 1 N–H and O–H groups in total. The summed E-state index contributed by atoms with van der Waals surface area (Å²) in [6.45, 7) is 3.09. The summed E-state index contributed by atoms with van der Waals surface area (Å²) in [6, 6.07) is 22.7. The Hall–Kier alpha value is -2.43. The molecule has 26 heavy (non-hydrogen) atoms. The molecule has 1 saturated heterocycles. The maximum atomic E-state index is 11.1. The maximum absolute atomic E-state index is 11.1. The minimum atomic E-state index is -0.698. The summed E-state index contributed by atoms with van der Waals surface area (Å²) in [5.41, 5.74) is 1.58. The van der Waals surface area contributed by atoms with Gasteiger partial charge >= 0.3 is 0 Å². The molecule has 0 saturated carbocycles. The predicted octanol–water partition coefficient (Wildman–Crippen LogP) is 3.31. The van der Waals surface area contributed by atoms with Gasteiger partial charge in [0.1, 0.15) is 5.82 Å². The van der Waals surface area contributed by atoms with E-state index in [2.05, 4.69) is 46.2 Å². The zero-order valence-electron chi connectivity index (χ0n) is 15.2. The number of likely N-dealkylation sites (tertiary alicyclic amines) is 1. The molecular formula is C22H25N3O. The Labute approximate surface area is 154 Å². The summed E-state index contributed by atoms with van der Waals surface area (Å²) in [5.74, 6) is 0.902. The van der Waals surface area contributed by atoms with Crippen LogP contribution in [0.3, 0.4) is 0 Å². The highest BCUT2D eigenvalue weighted by molar-refractivity contribution is 5.80. The van der Waals surface area contributed by atoms with Gasteiger partial charge in [-0.1, -0.05) is 48.5 Å². The zero-order valence-corrected chi connectivity index (χ0v) is 15.2. The quantitative estimate of drug-likeness (QED) is 0.769. The molecule has 1 aliphatic rings. The fourth-order valence-corrected chi connectivity index (χ4v) is 3.84. The van der Waals surface area contributed by atoms with Crippen LogP contribution in [0.4, 0.5) is 5.82 Å². The molecule has 2 aromatic carbocycles. The molecule has 0 aliphatic carbocycles. The zero-order chi connectivity index (χ0) is 18.0. The first kappa shape index (κ1) is 17.0. The average molecular weight is 347 g/mol. The van der Waals surface area contributed by atoms with Gasteiger partial charge in [0.25, 0.3) is 0 Å². The van der Waals surface area contributed by atoms with Crippen LogP contribution in [0.1, 0.15) is 12.0 Å². The van der Waals surface area contributed by atoms with E-state index in [4.69, 9.17) is 4.98 Å². The molecule has 4 rings (SSSR count). The highest BCUT2D eigenvalue weighted by Gasteiger charge is 2.37. The predicted molar refractivity (Wildman–Crippen MR) is 106 cm³/mol. The van der Waals surface area contributed by atoms with Gasteiger partial charge in [0.2, 0.25) is 0 Å². The van der Waals surface area contributed by atoms with Crippen LogP contribution in [-0.4, -0.2) is 47.3 Å². The summed E-state index contributed by atoms with van der Waals surface area (Å²) >= 11 is 0. The smallest absolute Gasteiger partial charge is 0.129 e. The minimum absolute atomic E-state index is 0.587. The van der Waals surface area contributed by atoms with Gasteiger partial charge in [0.15, 0.2) is 0 Å². The molecule has 0 amide bonds. The van der Waals surface area contributed by atoms with Gasteiger partial charge in [-0.3, -0.25) is 4.90 Å². The first-order valence-electron chi connectivity index (χ1n) is 9.17. The van der Waals surface area contributed by atoms with Crippen LogP contribution >= 0.6 is 0 Å². The van der Waals surface area contributed by atoms with Crippen molar-refractivity contribution in [3.8, 4) is 0 Å². The summed E-state index contributed by atoms with van der Waals surface area (Å²) in [5, 5.41) is 12.2. The van der Waals surface area contributed by atoms with Crippen molar-refractivity contribution < 1.29 is 5.11 Å². The van der Waals surface area contributed by atoms with Crippen molar-refractivity contribution in [1.29, 1.82) is 0 Å². The molecule has 1 unspecified atom stereocenters. The Morgan fingerprint density at radius 3 is 2.65 bits per heavy atom. The third-order valence-electron chi connectivity index (χ3n) is 5.17. The number of hydrogen-bond acceptors (Lipinski definition) is 4. The van der Waals surface area contributed by atoms with Crippen molar-refractivity contribution in [2.75, 3.05) is 31.6 Å². The van der Waals surface area contributed by atoms with Crippen LogP contribution in [0, 0.1) is 0 Å². The lowest BCUT2D eigenvalue weighted by Crippen LogP contribution is -2.44. The molecule has 1 atom stereocenters. The number of nitrogens with zero attached hydrogens (tertiary/aromatic N) is 3. The van der Waals surface area contributed by atoms with E-state index in [1.54, 1.807) is 0 Å². The number of likely N-dealkylation sites (N-methyl/N-ethyl adjacent to an activating group) is 1. The maximum Gasteiger partial charge on any atom is 0.129 e. The van der Waals surface area contributed by atoms with E-state index in [1.165, 1.54) is 5.56 Å². The number of aliphatic hydroxyl groups is 1. The lowest BCUT2D eigenvalue weighted by molar-refractivity contribution is 0.0561. The largest absolute Gasteiger partial charge is 0.387 e. The first-order chi connectivity index (χ1) is 12.6. The van der Waals surface area contributed by atoms with Crippen molar-refractivity contribution in [2.45, 2.75) is 18.6 Å². The van der Waals surface area contributed by atoms with Gasteiger partial charge in [-0.2, -0.15) is 0 Å². The number of β-amino-alcohol motifs (C(OH)–C–C–N with tert-alkyl or cyclic N) is 1. The van der Waals surface area contributed by atoms with Crippen LogP contribution in [0.5, 0.6) is 0 Å². The second-order valence-corrected chi connectivity index (χ2v) is 7.39. The normalized spacial score (nSPS) is 20.5. The molecule has 4 heteroatoms. The highest BCUT2D eigenvalue weighted by atomic mass is 16.3. The fraction of sp³-hybridized carbons (Fsp3) is 0.318. The van der Waals surface area contributed by atoms with E-state index < -0.39 is 5.60 Å². The van der Waals surface area contributed by atoms with E-state index in [0.29, 0.717) is 13.1 Å². The van der Waals surface area contributed by atoms with Gasteiger partial charge in [-0.05, 0) is 30.2 Å². The molecule has 1 aliphatic heterocycles. The van der Waals surface area contributed by atoms with Gasteiger partial charge in [0, 0.05) is 38.6 Å². The van der Waals surface area contributed by atoms with Gasteiger partial charge in [-0.25, -0.2) is 4.98 Å². The average Bonchev–Trinajstić information content (AvgIpc) is 3.02. The van der Waals surface area contributed by atoms with Crippen molar-refractivity contribution in [3.63, 3.8) is 0 Å². The molecular weight excluding hydrogens is 322 g/mol. The number of hydrogen-bond donors (Lipinski definition) is 1. The summed E-state index contributed by atoms with van der Waals surface area (Å²) < 4.78 is 0. The third-order valence-corrected chi connectivity index (χ3v) is 5.17. The summed E-state index contributed by atoms with van der Waals surface area (Å²) in [7, 11) is 2.01. The number of rotatable bonds is 5. The number of fused-ring (bicyclic) bond motifs is 1. The topological polar surface area (TPSA) is 39.6 Å². The van der Waals surface area contributed by atoms with Crippen LogP contribution in [0.15, 0.2) is 66.7 Å². The standard InChI is InChI=1S/C22H25N3O/c1-24(21-12-11-19-9-5-6-10-20(19)23-21)16-22(26)13-14-25(17-22)15-18-7-3-2-4-8-18/h2-12,26H,13-17H2,1H3. The lowest BCUT2D eigenvalue weighted by Gasteiger charge is -2.30. The second kappa shape index (κ2) is 7.06. The van der Waals surface area contributed by atoms with Gasteiger partial charge in [-0.15, -0.1) is 0 Å². The third kappa shape index (κ3) is 3.71. The second-order valence-electron chi connectivity index (χ2n) is 7.39. The lowest BCUT2D eigenvalue weighted by atomic mass is 10.0. The molecule has 0 spiro atoms. The van der Waals surface area contributed by atoms with E-state index in [0.717, 1.165) is 36.2 Å². The Morgan fingerprint density at radius 2 is 1.81 bits per heavy atom. The minimum Gasteiger partial charge on any atom is -0.387 e. The van der Waals surface area contributed by atoms with Crippen LogP contribution < -0.4 is 4.90 Å². The number of pyridine rings is 1. The molecule has 2 heterocycles. The molecule has 3 aromatic rings. The molecule has 1 fully saturated rings. The van der Waals surface area contributed by atoms with Gasteiger partial charge in [0.05, 0.1) is 11.1 Å². The molecule has 0 bridgehead atoms. The van der Waals surface area contributed by atoms with Crippen molar-refractivity contribution in [2.24, 2.45) is 0 Å². The Bertz CT molecular complexity index is 883. The monoisotopic (exact) mass is 347 g/mol. The molecule has 0 radical (unpaired) electrons. The fourth-order valence-electron chi connectivity index (χ4n) is 3.84. The van der Waals surface area contributed by atoms with Crippen LogP contribution in [-0.2, 0) is 6.54 Å². The summed E-state index contributed by atoms with van der Waals surface area (Å²) in [4.78, 5) is 9.13. The highest BCUT2D eigenvalue weighted by Crippen LogP contribution is 2.26. The number of anilines is 1. The van der Waals surface area contributed by atoms with E-state index in [9.17, 15) is 5.11 Å². The number of aromatic nitrogens is 1. The number of benzene rings is 2. The number of para-hydroxylation sites is 1. The molecule has 4 nitrogen and oxygen atoms in total. The van der Waals surface area contributed by atoms with Crippen LogP contribution in [0.2, 0.25) is 0 Å². The van der Waals surface area contributed by atoms with E-state index in [-0.39, 0.29) is 0 Å². The molecule has 1 aromatic heterocycles. The van der Waals surface area contributed by atoms with E-state index in [1.807, 2.05) is 37.4 Å². The van der Waals surface area contributed by atoms with E-state index >= 15 is 0 Å².